The molecule has 1 heterocycles. The molecule has 2 aromatic rings. The van der Waals surface area contributed by atoms with Gasteiger partial charge in [-0.15, -0.1) is 11.8 Å². The summed E-state index contributed by atoms with van der Waals surface area (Å²) in [6.07, 6.45) is 2.12. The minimum Gasteiger partial charge on any atom is -0.493 e. The number of nitrogens with one attached hydrogen (secondary N) is 1. The van der Waals surface area contributed by atoms with Gasteiger partial charge in [0.25, 0.3) is 5.91 Å². The fourth-order valence-corrected chi connectivity index (χ4v) is 4.28. The maximum absolute atomic E-state index is 13.0. The quantitative estimate of drug-likeness (QED) is 0.644. The molecule has 160 valence electrons. The first-order valence-electron chi connectivity index (χ1n) is 9.68. The summed E-state index contributed by atoms with van der Waals surface area (Å²) in [7, 11) is 4.56. The lowest BCUT2D eigenvalue weighted by Crippen LogP contribution is -2.29. The van der Waals surface area contributed by atoms with Gasteiger partial charge in [0.2, 0.25) is 11.7 Å². The Balaban J connectivity index is 1.75. The van der Waals surface area contributed by atoms with Gasteiger partial charge >= 0.3 is 0 Å². The van der Waals surface area contributed by atoms with Crippen LogP contribution in [-0.4, -0.2) is 56.9 Å². The Morgan fingerprint density at radius 3 is 2.23 bits per heavy atom. The number of carbonyl (C=O) groups is 2. The van der Waals surface area contributed by atoms with Crippen molar-refractivity contribution in [3.8, 4) is 17.2 Å². The Labute approximate surface area is 180 Å². The lowest BCUT2D eigenvalue weighted by Gasteiger charge is -2.16. The maximum atomic E-state index is 13.0. The van der Waals surface area contributed by atoms with Gasteiger partial charge in [-0.1, -0.05) is 12.1 Å². The van der Waals surface area contributed by atoms with Crippen LogP contribution in [0.3, 0.4) is 0 Å². The molecule has 1 aliphatic rings. The van der Waals surface area contributed by atoms with E-state index in [9.17, 15) is 9.59 Å². The van der Waals surface area contributed by atoms with Crippen LogP contribution < -0.4 is 19.5 Å². The van der Waals surface area contributed by atoms with Crippen molar-refractivity contribution in [2.45, 2.75) is 17.7 Å². The summed E-state index contributed by atoms with van der Waals surface area (Å²) in [5.41, 5.74) is 1.02. The average Bonchev–Trinajstić information content (AvgIpc) is 3.32. The lowest BCUT2D eigenvalue weighted by atomic mass is 10.2. The van der Waals surface area contributed by atoms with Crippen LogP contribution in [0.15, 0.2) is 41.3 Å². The normalized spacial score (nSPS) is 13.1. The van der Waals surface area contributed by atoms with E-state index in [1.54, 1.807) is 24.3 Å². The van der Waals surface area contributed by atoms with Crippen molar-refractivity contribution in [2.24, 2.45) is 0 Å². The van der Waals surface area contributed by atoms with E-state index in [1.165, 1.54) is 33.1 Å². The smallest absolute Gasteiger partial charge is 0.256 e. The summed E-state index contributed by atoms with van der Waals surface area (Å²) in [6.45, 7) is 1.64. The van der Waals surface area contributed by atoms with E-state index >= 15 is 0 Å². The van der Waals surface area contributed by atoms with Gasteiger partial charge in [0.1, 0.15) is 0 Å². The van der Waals surface area contributed by atoms with Gasteiger partial charge in [-0.25, -0.2) is 0 Å². The summed E-state index contributed by atoms with van der Waals surface area (Å²) in [5, 5.41) is 2.88. The molecule has 30 heavy (non-hydrogen) atoms. The standard InChI is InChI=1S/C22H26N2O5S/c1-27-17-12-15(13-18(28-2)21(17)29-3)23-22(26)16-8-4-5-9-19(16)30-14-20(25)24-10-6-7-11-24/h4-5,8-9,12-13H,6-7,10-11,14H2,1-3H3,(H,23,26). The molecule has 1 aliphatic heterocycles. The van der Waals surface area contributed by atoms with Crippen LogP contribution in [0.25, 0.3) is 0 Å². The number of thioether (sulfide) groups is 1. The highest BCUT2D eigenvalue weighted by atomic mass is 32.2. The number of carbonyl (C=O) groups excluding carboxylic acids is 2. The van der Waals surface area contributed by atoms with Gasteiger partial charge < -0.3 is 24.4 Å². The van der Waals surface area contributed by atoms with E-state index < -0.39 is 0 Å². The zero-order chi connectivity index (χ0) is 21.5. The van der Waals surface area contributed by atoms with Crippen molar-refractivity contribution in [1.29, 1.82) is 0 Å². The van der Waals surface area contributed by atoms with Crippen LogP contribution >= 0.6 is 11.8 Å². The van der Waals surface area contributed by atoms with Crippen LogP contribution in [0.4, 0.5) is 5.69 Å². The van der Waals surface area contributed by atoms with Crippen molar-refractivity contribution in [1.82, 2.24) is 4.90 Å². The molecule has 3 rings (SSSR count). The lowest BCUT2D eigenvalue weighted by molar-refractivity contribution is -0.127. The van der Waals surface area contributed by atoms with Gasteiger partial charge in [-0.2, -0.15) is 0 Å². The molecule has 0 aromatic heterocycles. The number of likely N-dealkylation sites (tertiary alicyclic amines) is 1. The van der Waals surface area contributed by atoms with Crippen LogP contribution in [-0.2, 0) is 4.79 Å². The van der Waals surface area contributed by atoms with Crippen molar-refractivity contribution in [3.05, 3.63) is 42.0 Å². The van der Waals surface area contributed by atoms with Crippen molar-refractivity contribution < 1.29 is 23.8 Å². The number of hydrogen-bond acceptors (Lipinski definition) is 6. The minimum absolute atomic E-state index is 0.109. The number of nitrogens with zero attached hydrogens (tertiary/aromatic N) is 1. The summed E-state index contributed by atoms with van der Waals surface area (Å²) >= 11 is 1.38. The number of benzene rings is 2. The zero-order valence-electron chi connectivity index (χ0n) is 17.4. The second kappa shape index (κ2) is 10.2. The molecular formula is C22H26N2O5S. The summed E-state index contributed by atoms with van der Waals surface area (Å²) in [5.74, 6) is 1.50. The van der Waals surface area contributed by atoms with Crippen molar-refractivity contribution in [2.75, 3.05) is 45.5 Å². The fourth-order valence-electron chi connectivity index (χ4n) is 3.33. The molecule has 1 fully saturated rings. The van der Waals surface area contributed by atoms with Crippen LogP contribution in [0.5, 0.6) is 17.2 Å². The summed E-state index contributed by atoms with van der Waals surface area (Å²) < 4.78 is 16.0. The Morgan fingerprint density at radius 1 is 1.00 bits per heavy atom. The molecule has 0 saturated carbocycles. The highest BCUT2D eigenvalue weighted by molar-refractivity contribution is 8.00. The third-order valence-corrected chi connectivity index (χ3v) is 5.92. The van der Waals surface area contributed by atoms with Crippen LogP contribution in [0, 0.1) is 0 Å². The molecule has 2 amide bonds. The Bertz CT molecular complexity index is 887. The molecule has 1 N–H and O–H groups in total. The number of ether oxygens (including phenoxy) is 3. The van der Waals surface area contributed by atoms with Crippen LogP contribution in [0.2, 0.25) is 0 Å². The Kier molecular flexibility index (Phi) is 7.46. The fraction of sp³-hybridized carbons (Fsp3) is 0.364. The monoisotopic (exact) mass is 430 g/mol. The SMILES string of the molecule is COc1cc(NC(=O)c2ccccc2SCC(=O)N2CCCC2)cc(OC)c1OC. The predicted molar refractivity (Wildman–Crippen MR) is 117 cm³/mol. The molecule has 0 unspecified atom stereocenters. The molecule has 0 atom stereocenters. The van der Waals surface area contributed by atoms with E-state index in [0.717, 1.165) is 30.8 Å². The van der Waals surface area contributed by atoms with Gasteiger partial charge in [-0.3, -0.25) is 9.59 Å². The molecule has 7 nitrogen and oxygen atoms in total. The number of amides is 2. The molecule has 0 radical (unpaired) electrons. The third-order valence-electron chi connectivity index (χ3n) is 4.86. The highest BCUT2D eigenvalue weighted by Gasteiger charge is 2.20. The van der Waals surface area contributed by atoms with E-state index in [2.05, 4.69) is 5.32 Å². The van der Waals surface area contributed by atoms with Crippen molar-refractivity contribution in [3.63, 3.8) is 0 Å². The first kappa shape index (κ1) is 21.8. The first-order valence-corrected chi connectivity index (χ1v) is 10.7. The first-order chi connectivity index (χ1) is 14.6. The maximum Gasteiger partial charge on any atom is 0.256 e. The molecule has 0 spiro atoms. The summed E-state index contributed by atoms with van der Waals surface area (Å²) in [4.78, 5) is 28.0. The minimum atomic E-state index is -0.277. The van der Waals surface area contributed by atoms with E-state index in [4.69, 9.17) is 14.2 Å². The Morgan fingerprint density at radius 2 is 1.63 bits per heavy atom. The van der Waals surface area contributed by atoms with E-state index in [1.807, 2.05) is 17.0 Å². The number of rotatable bonds is 8. The summed E-state index contributed by atoms with van der Waals surface area (Å²) in [6, 6.07) is 10.6. The van der Waals surface area contributed by atoms with Gasteiger partial charge in [0.15, 0.2) is 11.5 Å². The van der Waals surface area contributed by atoms with Crippen LogP contribution in [0.1, 0.15) is 23.2 Å². The second-order valence-corrected chi connectivity index (χ2v) is 7.76. The van der Waals surface area contributed by atoms with E-state index in [0.29, 0.717) is 34.3 Å². The highest BCUT2D eigenvalue weighted by Crippen LogP contribution is 2.40. The van der Waals surface area contributed by atoms with E-state index in [-0.39, 0.29) is 11.8 Å². The van der Waals surface area contributed by atoms with Gasteiger partial charge in [0, 0.05) is 35.8 Å². The molecule has 2 aromatic carbocycles. The number of anilines is 1. The van der Waals surface area contributed by atoms with Gasteiger partial charge in [0.05, 0.1) is 32.6 Å². The second-order valence-electron chi connectivity index (χ2n) is 6.74. The molecule has 0 bridgehead atoms. The Hall–Kier alpha value is -2.87. The van der Waals surface area contributed by atoms with Crippen molar-refractivity contribution >= 4 is 29.3 Å². The molecule has 8 heteroatoms. The molecular weight excluding hydrogens is 404 g/mol. The third kappa shape index (κ3) is 4.99. The average molecular weight is 431 g/mol. The predicted octanol–water partition coefficient (Wildman–Crippen LogP) is 3.68. The number of hydrogen-bond donors (Lipinski definition) is 1. The zero-order valence-corrected chi connectivity index (χ0v) is 18.2. The molecule has 1 saturated heterocycles. The topological polar surface area (TPSA) is 77.1 Å². The number of methoxy groups -OCH3 is 3. The van der Waals surface area contributed by atoms with Gasteiger partial charge in [-0.05, 0) is 25.0 Å². The largest absolute Gasteiger partial charge is 0.493 e. The molecule has 0 aliphatic carbocycles.